The topological polar surface area (TPSA) is 36.0 Å². The number of likely N-dealkylation sites (tertiary alicyclic amines) is 1. The fraction of sp³-hybridized carbons (Fsp3) is 0.480. The van der Waals surface area contributed by atoms with Gasteiger partial charge in [-0.05, 0) is 61.3 Å². The Morgan fingerprint density at radius 1 is 0.882 bits per heavy atom. The molecule has 0 radical (unpaired) electrons. The standard InChI is InChI=1S/C25H27Cl2F2N3O2/c26-19-14-18-23(15-20(19)27)32(8-7-30-9-11-34-12-10-30)24(33)25(18)3-5-31(6-4-25)16-17-1-2-21(28)22(29)13-17/h1-2,13-15H,3-12,16H2. The van der Waals surface area contributed by atoms with E-state index in [2.05, 4.69) is 9.80 Å². The molecule has 0 saturated carbocycles. The Morgan fingerprint density at radius 2 is 1.59 bits per heavy atom. The van der Waals surface area contributed by atoms with Crippen molar-refractivity contribution in [2.24, 2.45) is 0 Å². The smallest absolute Gasteiger partial charge is 0.237 e. The number of nitrogens with zero attached hydrogens (tertiary/aromatic N) is 3. The number of hydrogen-bond acceptors (Lipinski definition) is 4. The van der Waals surface area contributed by atoms with E-state index in [-0.39, 0.29) is 5.91 Å². The molecule has 0 atom stereocenters. The molecule has 2 aromatic rings. The number of fused-ring (bicyclic) bond motifs is 2. The minimum atomic E-state index is -0.845. The van der Waals surface area contributed by atoms with Gasteiger partial charge in [0.05, 0.1) is 28.7 Å². The van der Waals surface area contributed by atoms with E-state index in [0.29, 0.717) is 62.3 Å². The molecule has 0 aliphatic carbocycles. The second kappa shape index (κ2) is 9.70. The normalized spacial score (nSPS) is 20.8. The fourth-order valence-electron chi connectivity index (χ4n) is 5.39. The van der Waals surface area contributed by atoms with Crippen molar-refractivity contribution in [1.29, 1.82) is 0 Å². The van der Waals surface area contributed by atoms with Crippen molar-refractivity contribution in [3.05, 3.63) is 63.1 Å². The molecule has 0 aromatic heterocycles. The Labute approximate surface area is 208 Å². The molecule has 2 aromatic carbocycles. The first kappa shape index (κ1) is 23.9. The Bertz CT molecular complexity index is 1090. The zero-order valence-corrected chi connectivity index (χ0v) is 20.3. The predicted octanol–water partition coefficient (Wildman–Crippen LogP) is 4.48. The quantitative estimate of drug-likeness (QED) is 0.595. The number of carbonyl (C=O) groups is 1. The molecule has 182 valence electrons. The van der Waals surface area contributed by atoms with Crippen LogP contribution in [0, 0.1) is 11.6 Å². The highest BCUT2D eigenvalue weighted by molar-refractivity contribution is 6.42. The Hall–Kier alpha value is -1.77. The zero-order valence-electron chi connectivity index (χ0n) is 18.8. The van der Waals surface area contributed by atoms with E-state index in [1.54, 1.807) is 6.07 Å². The molecule has 2 saturated heterocycles. The predicted molar refractivity (Wildman–Crippen MR) is 129 cm³/mol. The van der Waals surface area contributed by atoms with Crippen molar-refractivity contribution in [1.82, 2.24) is 9.80 Å². The van der Waals surface area contributed by atoms with E-state index in [0.717, 1.165) is 42.5 Å². The van der Waals surface area contributed by atoms with Crippen LogP contribution in [-0.4, -0.2) is 68.2 Å². The third-order valence-electron chi connectivity index (χ3n) is 7.34. The Balaban J connectivity index is 1.34. The number of anilines is 1. The van der Waals surface area contributed by atoms with E-state index < -0.39 is 17.0 Å². The van der Waals surface area contributed by atoms with Crippen LogP contribution in [0.3, 0.4) is 0 Å². The molecule has 0 unspecified atom stereocenters. The maximum absolute atomic E-state index is 13.9. The highest BCUT2D eigenvalue weighted by Gasteiger charge is 2.52. The number of morpholine rings is 1. The number of amides is 1. The zero-order chi connectivity index (χ0) is 23.9. The maximum Gasteiger partial charge on any atom is 0.237 e. The van der Waals surface area contributed by atoms with Crippen molar-refractivity contribution < 1.29 is 18.3 Å². The van der Waals surface area contributed by atoms with E-state index in [1.165, 1.54) is 6.07 Å². The number of piperidine rings is 1. The lowest BCUT2D eigenvalue weighted by Crippen LogP contribution is -2.50. The molecule has 3 aliphatic rings. The summed E-state index contributed by atoms with van der Waals surface area (Å²) in [7, 11) is 0. The van der Waals surface area contributed by atoms with Gasteiger partial charge in [0.25, 0.3) is 0 Å². The van der Waals surface area contributed by atoms with Gasteiger partial charge >= 0.3 is 0 Å². The number of ether oxygens (including phenoxy) is 1. The monoisotopic (exact) mass is 509 g/mol. The molecule has 34 heavy (non-hydrogen) atoms. The summed E-state index contributed by atoms with van der Waals surface area (Å²) in [5.74, 6) is -1.59. The largest absolute Gasteiger partial charge is 0.379 e. The summed E-state index contributed by atoms with van der Waals surface area (Å²) in [4.78, 5) is 20.2. The minimum absolute atomic E-state index is 0.0987. The van der Waals surface area contributed by atoms with E-state index in [4.69, 9.17) is 27.9 Å². The third kappa shape index (κ3) is 4.44. The van der Waals surface area contributed by atoms with Gasteiger partial charge in [0.1, 0.15) is 0 Å². The van der Waals surface area contributed by atoms with Crippen LogP contribution in [-0.2, 0) is 21.5 Å². The lowest BCUT2D eigenvalue weighted by molar-refractivity contribution is -0.125. The average Bonchev–Trinajstić information content (AvgIpc) is 3.04. The highest BCUT2D eigenvalue weighted by atomic mass is 35.5. The first-order valence-electron chi connectivity index (χ1n) is 11.7. The van der Waals surface area contributed by atoms with Crippen molar-refractivity contribution in [2.75, 3.05) is 57.4 Å². The Kier molecular flexibility index (Phi) is 6.84. The third-order valence-corrected chi connectivity index (χ3v) is 8.07. The minimum Gasteiger partial charge on any atom is -0.379 e. The van der Waals surface area contributed by atoms with Crippen molar-refractivity contribution >= 4 is 34.8 Å². The molecule has 9 heteroatoms. The molecule has 0 N–H and O–H groups in total. The molecule has 3 aliphatic heterocycles. The van der Waals surface area contributed by atoms with Crippen LogP contribution >= 0.6 is 23.2 Å². The van der Waals surface area contributed by atoms with Crippen LogP contribution in [0.5, 0.6) is 0 Å². The summed E-state index contributed by atoms with van der Waals surface area (Å²) < 4.78 is 32.3. The SMILES string of the molecule is O=C1N(CCN2CCOCC2)c2cc(Cl)c(Cl)cc2C12CCN(Cc1ccc(F)c(F)c1)CC2. The van der Waals surface area contributed by atoms with Crippen LogP contribution in [0.25, 0.3) is 0 Å². The van der Waals surface area contributed by atoms with Gasteiger partial charge in [-0.25, -0.2) is 8.78 Å². The fourth-order valence-corrected chi connectivity index (χ4v) is 5.71. The summed E-state index contributed by atoms with van der Waals surface area (Å²) in [6.07, 6.45) is 1.27. The van der Waals surface area contributed by atoms with Gasteiger partial charge in [-0.15, -0.1) is 0 Å². The lowest BCUT2D eigenvalue weighted by Gasteiger charge is -2.38. The number of carbonyl (C=O) groups excluding carboxylic acids is 1. The molecule has 5 nitrogen and oxygen atoms in total. The van der Waals surface area contributed by atoms with Crippen LogP contribution in [0.2, 0.25) is 10.0 Å². The van der Waals surface area contributed by atoms with E-state index >= 15 is 0 Å². The van der Waals surface area contributed by atoms with Gasteiger partial charge in [-0.1, -0.05) is 29.3 Å². The summed E-state index contributed by atoms with van der Waals surface area (Å²) in [5.41, 5.74) is 1.87. The van der Waals surface area contributed by atoms with E-state index in [1.807, 2.05) is 17.0 Å². The van der Waals surface area contributed by atoms with Crippen LogP contribution in [0.4, 0.5) is 14.5 Å². The number of hydrogen-bond donors (Lipinski definition) is 0. The molecular formula is C25H27Cl2F2N3O2. The van der Waals surface area contributed by atoms with Gasteiger partial charge < -0.3 is 9.64 Å². The van der Waals surface area contributed by atoms with Crippen LogP contribution in [0.15, 0.2) is 30.3 Å². The summed E-state index contributed by atoms with van der Waals surface area (Å²) in [6.45, 7) is 6.35. The summed E-state index contributed by atoms with van der Waals surface area (Å²) >= 11 is 12.7. The number of benzene rings is 2. The van der Waals surface area contributed by atoms with Gasteiger partial charge in [-0.3, -0.25) is 14.6 Å². The van der Waals surface area contributed by atoms with Gasteiger partial charge in [0.2, 0.25) is 5.91 Å². The average molecular weight is 510 g/mol. The van der Waals surface area contributed by atoms with Gasteiger partial charge in [0.15, 0.2) is 11.6 Å². The molecule has 2 fully saturated rings. The van der Waals surface area contributed by atoms with Gasteiger partial charge in [-0.2, -0.15) is 0 Å². The second-order valence-corrected chi connectivity index (χ2v) is 10.1. The molecule has 1 amide bonds. The molecule has 3 heterocycles. The second-order valence-electron chi connectivity index (χ2n) is 9.30. The van der Waals surface area contributed by atoms with Gasteiger partial charge in [0, 0.05) is 38.4 Å². The van der Waals surface area contributed by atoms with Crippen LogP contribution < -0.4 is 4.90 Å². The summed E-state index contributed by atoms with van der Waals surface area (Å²) in [6, 6.07) is 7.68. The van der Waals surface area contributed by atoms with Crippen LogP contribution in [0.1, 0.15) is 24.0 Å². The summed E-state index contributed by atoms with van der Waals surface area (Å²) in [5, 5.41) is 0.893. The van der Waals surface area contributed by atoms with Crippen molar-refractivity contribution in [3.8, 4) is 0 Å². The van der Waals surface area contributed by atoms with Crippen molar-refractivity contribution in [2.45, 2.75) is 24.8 Å². The first-order chi connectivity index (χ1) is 16.4. The maximum atomic E-state index is 13.9. The highest BCUT2D eigenvalue weighted by Crippen LogP contribution is 2.50. The number of halogens is 4. The molecule has 0 bridgehead atoms. The molecular weight excluding hydrogens is 483 g/mol. The lowest BCUT2D eigenvalue weighted by atomic mass is 9.73. The number of rotatable bonds is 5. The van der Waals surface area contributed by atoms with Crippen molar-refractivity contribution in [3.63, 3.8) is 0 Å². The Morgan fingerprint density at radius 3 is 2.29 bits per heavy atom. The first-order valence-corrected chi connectivity index (χ1v) is 12.4. The van der Waals surface area contributed by atoms with E-state index in [9.17, 15) is 13.6 Å². The molecule has 1 spiro atoms. The molecule has 5 rings (SSSR count).